The molecule has 0 spiro atoms. The molecule has 0 unspecified atom stereocenters. The lowest BCUT2D eigenvalue weighted by atomic mass is 10.2. The van der Waals surface area contributed by atoms with Crippen LogP contribution < -0.4 is 0 Å². The Bertz CT molecular complexity index is 725. The second-order valence-electron chi connectivity index (χ2n) is 5.34. The van der Waals surface area contributed by atoms with Gasteiger partial charge in [-0.25, -0.2) is 0 Å². The highest BCUT2D eigenvalue weighted by Crippen LogP contribution is 2.16. The first kappa shape index (κ1) is 18.4. The second kappa shape index (κ2) is 9.36. The minimum atomic E-state index is 0.121. The van der Waals surface area contributed by atoms with Crippen LogP contribution in [0.1, 0.15) is 23.6 Å². The molecule has 0 aliphatic carbocycles. The molecule has 24 heavy (non-hydrogen) atoms. The number of hydrogen-bond acceptors (Lipinski definition) is 3. The smallest absolute Gasteiger partial charge is 0.232 e. The monoisotopic (exact) mass is 358 g/mol. The Balaban J connectivity index is 1.84. The van der Waals surface area contributed by atoms with Crippen LogP contribution >= 0.6 is 23.4 Å². The SMILES string of the molecule is CCN(Cc1cccc(Cl)c1)C(=O)CSCc1ccc(C#N)cc1. The zero-order chi connectivity index (χ0) is 17.4. The summed E-state index contributed by atoms with van der Waals surface area (Å²) in [5.41, 5.74) is 2.80. The standard InChI is InChI=1S/C19H19ClN2OS/c1-2-22(12-17-4-3-5-18(20)10-17)19(23)14-24-13-16-8-6-15(11-21)7-9-16/h3-10H,2,12-14H2,1H3. The summed E-state index contributed by atoms with van der Waals surface area (Å²) in [7, 11) is 0. The molecule has 124 valence electrons. The van der Waals surface area contributed by atoms with E-state index in [9.17, 15) is 4.79 Å². The van der Waals surface area contributed by atoms with E-state index in [1.54, 1.807) is 23.9 Å². The number of halogens is 1. The second-order valence-corrected chi connectivity index (χ2v) is 6.76. The van der Waals surface area contributed by atoms with Crippen LogP contribution in [0.4, 0.5) is 0 Å². The predicted octanol–water partition coefficient (Wildman–Crippen LogP) is 4.49. The fourth-order valence-electron chi connectivity index (χ4n) is 2.26. The number of benzene rings is 2. The molecular formula is C19H19ClN2OS. The molecule has 0 saturated heterocycles. The quantitative estimate of drug-likeness (QED) is 0.732. The molecule has 5 heteroatoms. The van der Waals surface area contributed by atoms with Crippen LogP contribution in [-0.4, -0.2) is 23.1 Å². The lowest BCUT2D eigenvalue weighted by Crippen LogP contribution is -2.31. The molecule has 0 aromatic heterocycles. The lowest BCUT2D eigenvalue weighted by molar-refractivity contribution is -0.128. The average molecular weight is 359 g/mol. The predicted molar refractivity (Wildman–Crippen MR) is 99.9 cm³/mol. The minimum Gasteiger partial charge on any atom is -0.338 e. The van der Waals surface area contributed by atoms with Gasteiger partial charge in [-0.1, -0.05) is 35.9 Å². The van der Waals surface area contributed by atoms with E-state index < -0.39 is 0 Å². The number of nitrogens with zero attached hydrogens (tertiary/aromatic N) is 2. The molecular weight excluding hydrogens is 340 g/mol. The molecule has 0 heterocycles. The summed E-state index contributed by atoms with van der Waals surface area (Å²) in [4.78, 5) is 14.2. The van der Waals surface area contributed by atoms with E-state index in [4.69, 9.17) is 16.9 Å². The Kier molecular flexibility index (Phi) is 7.17. The molecule has 0 fully saturated rings. The highest BCUT2D eigenvalue weighted by molar-refractivity contribution is 7.99. The molecule has 1 amide bonds. The normalized spacial score (nSPS) is 10.2. The van der Waals surface area contributed by atoms with E-state index in [-0.39, 0.29) is 5.91 Å². The first-order valence-corrected chi connectivity index (χ1v) is 9.24. The van der Waals surface area contributed by atoms with Gasteiger partial charge in [0.25, 0.3) is 0 Å². The molecule has 0 aliphatic rings. The van der Waals surface area contributed by atoms with Gasteiger partial charge in [0.15, 0.2) is 0 Å². The van der Waals surface area contributed by atoms with Crippen molar-refractivity contribution in [2.75, 3.05) is 12.3 Å². The number of carbonyl (C=O) groups is 1. The van der Waals surface area contributed by atoms with Gasteiger partial charge < -0.3 is 4.90 Å². The zero-order valence-corrected chi connectivity index (χ0v) is 15.1. The van der Waals surface area contributed by atoms with Crippen LogP contribution in [-0.2, 0) is 17.1 Å². The van der Waals surface area contributed by atoms with Gasteiger partial charge in [0, 0.05) is 23.9 Å². The molecule has 2 aromatic carbocycles. The highest BCUT2D eigenvalue weighted by Gasteiger charge is 2.12. The summed E-state index contributed by atoms with van der Waals surface area (Å²) in [5, 5.41) is 9.48. The Morgan fingerprint density at radius 3 is 2.58 bits per heavy atom. The largest absolute Gasteiger partial charge is 0.338 e. The molecule has 3 nitrogen and oxygen atoms in total. The van der Waals surface area contributed by atoms with Crippen molar-refractivity contribution < 1.29 is 4.79 Å². The number of hydrogen-bond donors (Lipinski definition) is 0. The molecule has 0 aliphatic heterocycles. The van der Waals surface area contributed by atoms with Crippen LogP contribution in [0.25, 0.3) is 0 Å². The van der Waals surface area contributed by atoms with E-state index in [1.807, 2.05) is 48.2 Å². The molecule has 0 saturated carbocycles. The highest BCUT2D eigenvalue weighted by atomic mass is 35.5. The number of carbonyl (C=O) groups excluding carboxylic acids is 1. The maximum Gasteiger partial charge on any atom is 0.232 e. The third-order valence-electron chi connectivity index (χ3n) is 3.57. The average Bonchev–Trinajstić information content (AvgIpc) is 2.60. The van der Waals surface area contributed by atoms with E-state index in [1.165, 1.54) is 0 Å². The van der Waals surface area contributed by atoms with Gasteiger partial charge in [-0.3, -0.25) is 4.79 Å². The van der Waals surface area contributed by atoms with Crippen molar-refractivity contribution in [2.45, 2.75) is 19.2 Å². The Morgan fingerprint density at radius 1 is 1.21 bits per heavy atom. The summed E-state index contributed by atoms with van der Waals surface area (Å²) in [6.07, 6.45) is 0. The fraction of sp³-hybridized carbons (Fsp3) is 0.263. The summed E-state index contributed by atoms with van der Waals surface area (Å²) in [6.45, 7) is 3.23. The van der Waals surface area contributed by atoms with E-state index in [0.717, 1.165) is 16.9 Å². The van der Waals surface area contributed by atoms with E-state index in [2.05, 4.69) is 6.07 Å². The van der Waals surface area contributed by atoms with Crippen molar-refractivity contribution in [3.05, 3.63) is 70.2 Å². The van der Waals surface area contributed by atoms with Crippen LogP contribution in [0.5, 0.6) is 0 Å². The molecule has 2 rings (SSSR count). The molecule has 0 N–H and O–H groups in total. The fourth-order valence-corrected chi connectivity index (χ4v) is 3.36. The van der Waals surface area contributed by atoms with E-state index in [0.29, 0.717) is 29.4 Å². The first-order valence-electron chi connectivity index (χ1n) is 7.71. The summed E-state index contributed by atoms with van der Waals surface area (Å²) < 4.78 is 0. The van der Waals surface area contributed by atoms with Crippen molar-refractivity contribution in [3.8, 4) is 6.07 Å². The third kappa shape index (κ3) is 5.59. The van der Waals surface area contributed by atoms with E-state index >= 15 is 0 Å². The molecule has 0 atom stereocenters. The zero-order valence-electron chi connectivity index (χ0n) is 13.5. The van der Waals surface area contributed by atoms with Gasteiger partial charge >= 0.3 is 0 Å². The Labute approximate surface area is 152 Å². The van der Waals surface area contributed by atoms with Crippen LogP contribution in [0, 0.1) is 11.3 Å². The van der Waals surface area contributed by atoms with Gasteiger partial charge in [0.05, 0.1) is 17.4 Å². The van der Waals surface area contributed by atoms with Gasteiger partial charge in [-0.2, -0.15) is 5.26 Å². The molecule has 0 bridgehead atoms. The number of nitriles is 1. The maximum atomic E-state index is 12.4. The summed E-state index contributed by atoms with van der Waals surface area (Å²) >= 11 is 7.58. The molecule has 0 radical (unpaired) electrons. The Morgan fingerprint density at radius 2 is 1.96 bits per heavy atom. The van der Waals surface area contributed by atoms with Crippen LogP contribution in [0.3, 0.4) is 0 Å². The number of thioether (sulfide) groups is 1. The number of rotatable bonds is 7. The van der Waals surface area contributed by atoms with Crippen molar-refractivity contribution in [1.82, 2.24) is 4.90 Å². The van der Waals surface area contributed by atoms with Crippen LogP contribution in [0.2, 0.25) is 5.02 Å². The minimum absolute atomic E-state index is 0.121. The Hall–Kier alpha value is -1.96. The van der Waals surface area contributed by atoms with Crippen LogP contribution in [0.15, 0.2) is 48.5 Å². The van der Waals surface area contributed by atoms with Gasteiger partial charge in [-0.15, -0.1) is 11.8 Å². The first-order chi connectivity index (χ1) is 11.6. The van der Waals surface area contributed by atoms with Crippen molar-refractivity contribution in [1.29, 1.82) is 5.26 Å². The van der Waals surface area contributed by atoms with Crippen molar-refractivity contribution in [3.63, 3.8) is 0 Å². The maximum absolute atomic E-state index is 12.4. The topological polar surface area (TPSA) is 44.1 Å². The number of amides is 1. The molecule has 2 aromatic rings. The van der Waals surface area contributed by atoms with Gasteiger partial charge in [-0.05, 0) is 42.3 Å². The summed E-state index contributed by atoms with van der Waals surface area (Å²) in [6, 6.07) is 17.2. The van der Waals surface area contributed by atoms with Gasteiger partial charge in [0.2, 0.25) is 5.91 Å². The lowest BCUT2D eigenvalue weighted by Gasteiger charge is -2.21. The van der Waals surface area contributed by atoms with Crippen molar-refractivity contribution >= 4 is 29.3 Å². The van der Waals surface area contributed by atoms with Gasteiger partial charge in [0.1, 0.15) is 0 Å². The van der Waals surface area contributed by atoms with Crippen molar-refractivity contribution in [2.24, 2.45) is 0 Å². The summed E-state index contributed by atoms with van der Waals surface area (Å²) in [5.74, 6) is 1.32. The third-order valence-corrected chi connectivity index (χ3v) is 4.80.